The molecule has 2 aromatic heterocycles. The summed E-state index contributed by atoms with van der Waals surface area (Å²) in [5, 5.41) is 7.20. The van der Waals surface area contributed by atoms with Crippen LogP contribution in [0, 0.1) is 13.8 Å². The molecule has 0 saturated heterocycles. The number of hydrogen-bond donors (Lipinski definition) is 0. The third kappa shape index (κ3) is 4.08. The molecule has 26 heavy (non-hydrogen) atoms. The number of carbonyl (C=O) groups is 1. The average molecular weight is 366 g/mol. The van der Waals surface area contributed by atoms with E-state index < -0.39 is 0 Å². The van der Waals surface area contributed by atoms with Gasteiger partial charge in [0.1, 0.15) is 5.01 Å². The summed E-state index contributed by atoms with van der Waals surface area (Å²) in [6, 6.07) is 6.28. The highest BCUT2D eigenvalue weighted by atomic mass is 32.1. The van der Waals surface area contributed by atoms with Gasteiger partial charge in [0.2, 0.25) is 5.91 Å². The maximum absolute atomic E-state index is 12.4. The Bertz CT molecular complexity index is 941. The third-order valence-electron chi connectivity index (χ3n) is 4.12. The van der Waals surface area contributed by atoms with E-state index in [1.54, 1.807) is 20.9 Å². The van der Waals surface area contributed by atoms with Crippen molar-refractivity contribution in [3.8, 4) is 11.1 Å². The molecule has 5 nitrogen and oxygen atoms in total. The minimum Gasteiger partial charge on any atom is -0.328 e. The first-order chi connectivity index (χ1) is 12.5. The molecule has 1 aromatic carbocycles. The molecule has 0 atom stereocenters. The number of benzene rings is 1. The maximum atomic E-state index is 12.4. The molecular formula is C20H22N4OS. The van der Waals surface area contributed by atoms with Crippen LogP contribution in [0.15, 0.2) is 48.6 Å². The minimum atomic E-state index is -0.101. The quantitative estimate of drug-likeness (QED) is 0.622. The summed E-state index contributed by atoms with van der Waals surface area (Å²) in [5.41, 5.74) is 5.36. The molecule has 2 heterocycles. The van der Waals surface area contributed by atoms with Crippen LogP contribution >= 0.6 is 11.3 Å². The fourth-order valence-electron chi connectivity index (χ4n) is 2.84. The van der Waals surface area contributed by atoms with Crippen molar-refractivity contribution in [3.05, 3.63) is 70.5 Å². The maximum Gasteiger partial charge on any atom is 0.246 e. The molecule has 0 saturated carbocycles. The van der Waals surface area contributed by atoms with Crippen molar-refractivity contribution < 1.29 is 4.79 Å². The SMILES string of the molecule is C=CC(=O)N(Cc1nc(C)cs1)Cc1ccc(C)cc1-c1cnn(C)c1. The normalized spacial score (nSPS) is 10.7. The summed E-state index contributed by atoms with van der Waals surface area (Å²) in [4.78, 5) is 18.7. The van der Waals surface area contributed by atoms with Gasteiger partial charge in [0.15, 0.2) is 0 Å². The van der Waals surface area contributed by atoms with Crippen molar-refractivity contribution in [2.24, 2.45) is 7.05 Å². The van der Waals surface area contributed by atoms with E-state index in [0.29, 0.717) is 13.1 Å². The van der Waals surface area contributed by atoms with Gasteiger partial charge in [0.05, 0.1) is 12.7 Å². The van der Waals surface area contributed by atoms with Gasteiger partial charge in [-0.3, -0.25) is 9.48 Å². The number of aryl methyl sites for hydroxylation is 3. The molecule has 1 amide bonds. The fourth-order valence-corrected chi connectivity index (χ4v) is 3.63. The zero-order chi connectivity index (χ0) is 18.7. The van der Waals surface area contributed by atoms with Gasteiger partial charge in [-0.05, 0) is 31.1 Å². The molecule has 0 bridgehead atoms. The van der Waals surface area contributed by atoms with Crippen LogP contribution in [0.3, 0.4) is 0 Å². The molecule has 3 aromatic rings. The summed E-state index contributed by atoms with van der Waals surface area (Å²) in [6.07, 6.45) is 5.20. The number of nitrogens with zero attached hydrogens (tertiary/aromatic N) is 4. The molecule has 0 aliphatic carbocycles. The molecule has 0 radical (unpaired) electrons. The monoisotopic (exact) mass is 366 g/mol. The number of thiazole rings is 1. The molecule has 0 unspecified atom stereocenters. The third-order valence-corrected chi connectivity index (χ3v) is 5.07. The van der Waals surface area contributed by atoms with Crippen molar-refractivity contribution in [2.45, 2.75) is 26.9 Å². The molecule has 0 aliphatic heterocycles. The zero-order valence-corrected chi connectivity index (χ0v) is 16.1. The van der Waals surface area contributed by atoms with Crippen molar-refractivity contribution in [2.75, 3.05) is 0 Å². The predicted molar refractivity (Wildman–Crippen MR) is 105 cm³/mol. The summed E-state index contributed by atoms with van der Waals surface area (Å²) in [7, 11) is 1.90. The van der Waals surface area contributed by atoms with E-state index in [1.165, 1.54) is 11.6 Å². The van der Waals surface area contributed by atoms with E-state index in [2.05, 4.69) is 41.8 Å². The van der Waals surface area contributed by atoms with E-state index in [0.717, 1.165) is 27.4 Å². The lowest BCUT2D eigenvalue weighted by molar-refractivity contribution is -0.127. The van der Waals surface area contributed by atoms with Gasteiger partial charge in [-0.1, -0.05) is 30.3 Å². The number of amides is 1. The smallest absolute Gasteiger partial charge is 0.246 e. The molecule has 0 N–H and O–H groups in total. The van der Waals surface area contributed by atoms with Gasteiger partial charge < -0.3 is 4.90 Å². The summed E-state index contributed by atoms with van der Waals surface area (Å²) < 4.78 is 1.78. The number of hydrogen-bond acceptors (Lipinski definition) is 4. The molecule has 0 fully saturated rings. The van der Waals surface area contributed by atoms with Gasteiger partial charge in [0.25, 0.3) is 0 Å². The van der Waals surface area contributed by atoms with E-state index in [1.807, 2.05) is 31.7 Å². The summed E-state index contributed by atoms with van der Waals surface area (Å²) >= 11 is 1.57. The molecule has 0 aliphatic rings. The Morgan fingerprint density at radius 2 is 2.15 bits per heavy atom. The zero-order valence-electron chi connectivity index (χ0n) is 15.3. The first-order valence-electron chi connectivity index (χ1n) is 8.37. The fraction of sp³-hybridized carbons (Fsp3) is 0.250. The van der Waals surface area contributed by atoms with Gasteiger partial charge in [0, 0.05) is 36.4 Å². The van der Waals surface area contributed by atoms with Crippen LogP contribution in [0.1, 0.15) is 21.8 Å². The van der Waals surface area contributed by atoms with Crippen LogP contribution in [0.4, 0.5) is 0 Å². The standard InChI is InChI=1S/C20H22N4OS/c1-5-20(25)24(12-19-22-15(3)13-26-19)11-16-7-6-14(2)8-18(16)17-9-21-23(4)10-17/h5-10,13H,1,11-12H2,2-4H3. The van der Waals surface area contributed by atoms with Crippen LogP contribution in [0.5, 0.6) is 0 Å². The Kier molecular flexibility index (Phi) is 5.32. The van der Waals surface area contributed by atoms with Gasteiger partial charge >= 0.3 is 0 Å². The van der Waals surface area contributed by atoms with Gasteiger partial charge in [-0.2, -0.15) is 5.10 Å². The summed E-state index contributed by atoms with van der Waals surface area (Å²) in [6.45, 7) is 8.64. The Hall–Kier alpha value is -2.73. The first-order valence-corrected chi connectivity index (χ1v) is 9.25. The number of rotatable bonds is 6. The molecule has 6 heteroatoms. The largest absolute Gasteiger partial charge is 0.328 e. The second kappa shape index (κ2) is 7.66. The minimum absolute atomic E-state index is 0.101. The van der Waals surface area contributed by atoms with E-state index >= 15 is 0 Å². The highest BCUT2D eigenvalue weighted by molar-refractivity contribution is 7.09. The predicted octanol–water partition coefficient (Wildman–Crippen LogP) is 3.88. The second-order valence-electron chi connectivity index (χ2n) is 6.34. The van der Waals surface area contributed by atoms with Crippen molar-refractivity contribution >= 4 is 17.2 Å². The van der Waals surface area contributed by atoms with E-state index in [9.17, 15) is 4.79 Å². The van der Waals surface area contributed by atoms with Crippen LogP contribution in [0.2, 0.25) is 0 Å². The van der Waals surface area contributed by atoms with Crippen LogP contribution in [0.25, 0.3) is 11.1 Å². The lowest BCUT2D eigenvalue weighted by Gasteiger charge is -2.22. The molecule has 0 spiro atoms. The number of carbonyl (C=O) groups excluding carboxylic acids is 1. The van der Waals surface area contributed by atoms with Crippen molar-refractivity contribution in [1.29, 1.82) is 0 Å². The first kappa shape index (κ1) is 18.1. The Balaban J connectivity index is 1.93. The van der Waals surface area contributed by atoms with Crippen LogP contribution in [-0.2, 0) is 24.9 Å². The Labute approximate surface area is 157 Å². The molecule has 134 valence electrons. The highest BCUT2D eigenvalue weighted by Crippen LogP contribution is 2.26. The van der Waals surface area contributed by atoms with Crippen LogP contribution < -0.4 is 0 Å². The van der Waals surface area contributed by atoms with Crippen LogP contribution in [-0.4, -0.2) is 25.6 Å². The average Bonchev–Trinajstić information content (AvgIpc) is 3.23. The van der Waals surface area contributed by atoms with E-state index in [-0.39, 0.29) is 5.91 Å². The summed E-state index contributed by atoms with van der Waals surface area (Å²) in [5.74, 6) is -0.101. The molecular weight excluding hydrogens is 344 g/mol. The van der Waals surface area contributed by atoms with Gasteiger partial charge in [-0.25, -0.2) is 4.98 Å². The topological polar surface area (TPSA) is 51.0 Å². The van der Waals surface area contributed by atoms with Crippen molar-refractivity contribution in [1.82, 2.24) is 19.7 Å². The second-order valence-corrected chi connectivity index (χ2v) is 7.29. The Morgan fingerprint density at radius 3 is 2.77 bits per heavy atom. The van der Waals surface area contributed by atoms with Gasteiger partial charge in [-0.15, -0.1) is 11.3 Å². The van der Waals surface area contributed by atoms with Crippen molar-refractivity contribution in [3.63, 3.8) is 0 Å². The Morgan fingerprint density at radius 1 is 1.35 bits per heavy atom. The lowest BCUT2D eigenvalue weighted by Crippen LogP contribution is -2.28. The number of aromatic nitrogens is 3. The highest BCUT2D eigenvalue weighted by Gasteiger charge is 2.17. The molecule has 3 rings (SSSR count). The van der Waals surface area contributed by atoms with E-state index in [4.69, 9.17) is 0 Å². The lowest BCUT2D eigenvalue weighted by atomic mass is 9.99.